The molecule has 2 unspecified atom stereocenters. The van der Waals surface area contributed by atoms with Gasteiger partial charge in [0.1, 0.15) is 18.6 Å². The first kappa shape index (κ1) is 28.3. The van der Waals surface area contributed by atoms with Crippen LogP contribution in [0.25, 0.3) is 0 Å². The van der Waals surface area contributed by atoms with E-state index in [1.807, 2.05) is 5.32 Å². The Hall–Kier alpha value is -3.68. The molecule has 0 saturated carbocycles. The maximum atomic E-state index is 12.4. The third-order valence-electron chi connectivity index (χ3n) is 3.80. The molecule has 0 aromatic carbocycles. The molecule has 0 bridgehead atoms. The number of allylic oxidation sites excluding steroid dienone is 1. The van der Waals surface area contributed by atoms with Crippen LogP contribution in [-0.2, 0) is 28.8 Å². The number of rotatable bonds is 16. The molecule has 0 aromatic rings. The molecule has 32 heavy (non-hydrogen) atoms. The molecule has 0 aliphatic carbocycles. The highest BCUT2D eigenvalue weighted by molar-refractivity contribution is 5.94. The lowest BCUT2D eigenvalue weighted by Crippen LogP contribution is -2.53. The van der Waals surface area contributed by atoms with Crippen LogP contribution in [0.1, 0.15) is 26.2 Å². The molecule has 0 rings (SSSR count). The van der Waals surface area contributed by atoms with E-state index in [9.17, 15) is 28.8 Å². The fourth-order valence-electron chi connectivity index (χ4n) is 2.34. The summed E-state index contributed by atoms with van der Waals surface area (Å²) in [4.78, 5) is 69.4. The SMILES string of the molecule is C=C(C)NCCCC(NC(=O)CN)C(=O)NCC(=O)NC(CC(=O)O)C(=O)NCC(=O)O. The first-order valence-electron chi connectivity index (χ1n) is 9.63. The predicted octanol–water partition coefficient (Wildman–Crippen LogP) is -3.39. The lowest BCUT2D eigenvalue weighted by molar-refractivity contribution is -0.141. The molecule has 0 saturated heterocycles. The third-order valence-corrected chi connectivity index (χ3v) is 3.80. The monoisotopic (exact) mass is 458 g/mol. The van der Waals surface area contributed by atoms with Crippen LogP contribution in [0.3, 0.4) is 0 Å². The molecule has 14 heteroatoms. The van der Waals surface area contributed by atoms with Crippen molar-refractivity contribution in [2.24, 2.45) is 5.73 Å². The van der Waals surface area contributed by atoms with Gasteiger partial charge >= 0.3 is 11.9 Å². The number of hydrogen-bond acceptors (Lipinski definition) is 8. The average Bonchev–Trinajstić information content (AvgIpc) is 2.71. The van der Waals surface area contributed by atoms with Crippen molar-refractivity contribution in [3.05, 3.63) is 12.3 Å². The minimum atomic E-state index is -1.54. The maximum Gasteiger partial charge on any atom is 0.322 e. The summed E-state index contributed by atoms with van der Waals surface area (Å²) in [6.45, 7) is 4.23. The Kier molecular flexibility index (Phi) is 13.4. The number of nitrogens with two attached hydrogens (primary N) is 1. The number of hydrogen-bond donors (Lipinski definition) is 8. The lowest BCUT2D eigenvalue weighted by Gasteiger charge is -2.19. The Morgan fingerprint density at radius 3 is 1.94 bits per heavy atom. The smallest absolute Gasteiger partial charge is 0.322 e. The molecule has 0 aliphatic rings. The van der Waals surface area contributed by atoms with E-state index >= 15 is 0 Å². The van der Waals surface area contributed by atoms with Crippen molar-refractivity contribution in [2.75, 3.05) is 26.2 Å². The molecule has 0 heterocycles. The largest absolute Gasteiger partial charge is 0.481 e. The van der Waals surface area contributed by atoms with Crippen molar-refractivity contribution in [1.29, 1.82) is 0 Å². The van der Waals surface area contributed by atoms with Gasteiger partial charge < -0.3 is 42.5 Å². The first-order chi connectivity index (χ1) is 15.0. The van der Waals surface area contributed by atoms with Gasteiger partial charge in [0.2, 0.25) is 23.6 Å². The summed E-state index contributed by atoms with van der Waals surface area (Å²) in [5.74, 6) is -5.90. The van der Waals surface area contributed by atoms with E-state index in [0.29, 0.717) is 13.0 Å². The second-order valence-corrected chi connectivity index (χ2v) is 6.72. The van der Waals surface area contributed by atoms with Crippen molar-refractivity contribution in [1.82, 2.24) is 26.6 Å². The Bertz CT molecular complexity index is 726. The van der Waals surface area contributed by atoms with Gasteiger partial charge in [-0.25, -0.2) is 0 Å². The molecular formula is C18H30N6O8. The summed E-state index contributed by atoms with van der Waals surface area (Å²) in [5, 5.41) is 29.2. The van der Waals surface area contributed by atoms with E-state index in [-0.39, 0.29) is 13.0 Å². The minimum absolute atomic E-state index is 0.235. The summed E-state index contributed by atoms with van der Waals surface area (Å²) >= 11 is 0. The highest BCUT2D eigenvalue weighted by Gasteiger charge is 2.25. The van der Waals surface area contributed by atoms with Gasteiger partial charge in [-0.2, -0.15) is 0 Å². The standard InChI is InChI=1S/C18H30N6O8/c1-10(2)20-5-3-4-11(23-13(25)7-19)17(31)21-8-14(26)24-12(6-15(27)28)18(32)22-9-16(29)30/h11-12,20H,1,3-9,19H2,2H3,(H,21,31)(H,22,32)(H,23,25)(H,24,26)(H,27,28)(H,29,30). The molecule has 180 valence electrons. The van der Waals surface area contributed by atoms with E-state index in [0.717, 1.165) is 5.70 Å². The molecule has 0 fully saturated rings. The van der Waals surface area contributed by atoms with Gasteiger partial charge in [-0.05, 0) is 19.8 Å². The summed E-state index contributed by atoms with van der Waals surface area (Å²) < 4.78 is 0. The topological polar surface area (TPSA) is 229 Å². The van der Waals surface area contributed by atoms with Crippen molar-refractivity contribution in [3.63, 3.8) is 0 Å². The fourth-order valence-corrected chi connectivity index (χ4v) is 2.34. The van der Waals surface area contributed by atoms with Crippen LogP contribution in [0.4, 0.5) is 0 Å². The van der Waals surface area contributed by atoms with Crippen LogP contribution >= 0.6 is 0 Å². The zero-order chi connectivity index (χ0) is 24.7. The number of amides is 4. The second-order valence-electron chi connectivity index (χ2n) is 6.72. The van der Waals surface area contributed by atoms with Gasteiger partial charge in [0.05, 0.1) is 19.5 Å². The molecule has 0 spiro atoms. The summed E-state index contributed by atoms with van der Waals surface area (Å²) in [6, 6.07) is -2.52. The Morgan fingerprint density at radius 1 is 0.844 bits per heavy atom. The molecule has 0 radical (unpaired) electrons. The number of aliphatic carboxylic acids is 2. The number of carboxylic acid groups (broad SMARTS) is 2. The van der Waals surface area contributed by atoms with E-state index in [1.54, 1.807) is 6.92 Å². The van der Waals surface area contributed by atoms with Crippen LogP contribution < -0.4 is 32.3 Å². The number of nitrogens with one attached hydrogen (secondary N) is 5. The third kappa shape index (κ3) is 13.5. The van der Waals surface area contributed by atoms with Crippen LogP contribution in [0.5, 0.6) is 0 Å². The van der Waals surface area contributed by atoms with Crippen molar-refractivity contribution in [2.45, 2.75) is 38.3 Å². The molecular weight excluding hydrogens is 428 g/mol. The Balaban J connectivity index is 4.85. The van der Waals surface area contributed by atoms with E-state index in [1.165, 1.54) is 0 Å². The molecule has 0 aliphatic heterocycles. The molecule has 14 nitrogen and oxygen atoms in total. The number of carbonyl (C=O) groups is 6. The number of carboxylic acids is 2. The maximum absolute atomic E-state index is 12.4. The van der Waals surface area contributed by atoms with Gasteiger partial charge in [-0.1, -0.05) is 6.58 Å². The first-order valence-corrected chi connectivity index (χ1v) is 9.63. The van der Waals surface area contributed by atoms with Crippen molar-refractivity contribution in [3.8, 4) is 0 Å². The average molecular weight is 458 g/mol. The van der Waals surface area contributed by atoms with Gasteiger partial charge in [-0.15, -0.1) is 0 Å². The fraction of sp³-hybridized carbons (Fsp3) is 0.556. The summed E-state index contributed by atoms with van der Waals surface area (Å²) in [6.07, 6.45) is -0.0683. The zero-order valence-electron chi connectivity index (χ0n) is 17.7. The normalized spacial score (nSPS) is 11.9. The summed E-state index contributed by atoms with van der Waals surface area (Å²) in [5.41, 5.74) is 5.98. The molecule has 4 amide bonds. The van der Waals surface area contributed by atoms with Crippen LogP contribution in [0.15, 0.2) is 12.3 Å². The summed E-state index contributed by atoms with van der Waals surface area (Å²) in [7, 11) is 0. The molecule has 0 aromatic heterocycles. The molecule has 9 N–H and O–H groups in total. The van der Waals surface area contributed by atoms with Gasteiger partial charge in [0.25, 0.3) is 0 Å². The van der Waals surface area contributed by atoms with Crippen LogP contribution in [0.2, 0.25) is 0 Å². The minimum Gasteiger partial charge on any atom is -0.481 e. The lowest BCUT2D eigenvalue weighted by atomic mass is 10.1. The van der Waals surface area contributed by atoms with Gasteiger partial charge in [0, 0.05) is 12.2 Å². The highest BCUT2D eigenvalue weighted by Crippen LogP contribution is 1.99. The van der Waals surface area contributed by atoms with Crippen molar-refractivity contribution >= 4 is 35.6 Å². The molecule has 2 atom stereocenters. The van der Waals surface area contributed by atoms with E-state index in [4.69, 9.17) is 15.9 Å². The second kappa shape index (κ2) is 15.2. The van der Waals surface area contributed by atoms with Crippen LogP contribution in [0, 0.1) is 0 Å². The van der Waals surface area contributed by atoms with Crippen LogP contribution in [-0.4, -0.2) is 84.0 Å². The number of carbonyl (C=O) groups excluding carboxylic acids is 4. The zero-order valence-corrected chi connectivity index (χ0v) is 17.7. The highest BCUT2D eigenvalue weighted by atomic mass is 16.4. The Morgan fingerprint density at radius 2 is 1.41 bits per heavy atom. The van der Waals surface area contributed by atoms with Gasteiger partial charge in [0.15, 0.2) is 0 Å². The Labute approximate surface area is 184 Å². The quantitative estimate of drug-likeness (QED) is 0.107. The van der Waals surface area contributed by atoms with E-state index < -0.39 is 67.2 Å². The predicted molar refractivity (Wildman–Crippen MR) is 111 cm³/mol. The van der Waals surface area contributed by atoms with Crippen molar-refractivity contribution < 1.29 is 39.0 Å². The van der Waals surface area contributed by atoms with E-state index in [2.05, 4.69) is 27.8 Å². The van der Waals surface area contributed by atoms with Gasteiger partial charge in [-0.3, -0.25) is 28.8 Å².